The van der Waals surface area contributed by atoms with Crippen molar-refractivity contribution < 1.29 is 4.92 Å². The molecule has 0 aromatic heterocycles. The molecule has 5 heteroatoms. The number of nitro groups is 1. The van der Waals surface area contributed by atoms with Crippen LogP contribution < -0.4 is 5.32 Å². The maximum Gasteiger partial charge on any atom is 0.269 e. The van der Waals surface area contributed by atoms with Crippen LogP contribution in [0.15, 0.2) is 24.3 Å². The molecule has 20 heavy (non-hydrogen) atoms. The second-order valence-corrected chi connectivity index (χ2v) is 5.44. The van der Waals surface area contributed by atoms with Crippen LogP contribution in [0.1, 0.15) is 31.2 Å². The lowest BCUT2D eigenvalue weighted by molar-refractivity contribution is -0.384. The molecular formula is C15H23N3O2. The Morgan fingerprint density at radius 2 is 2.10 bits per heavy atom. The van der Waals surface area contributed by atoms with Crippen LogP contribution in [0.5, 0.6) is 0 Å². The molecule has 0 aliphatic carbocycles. The first-order chi connectivity index (χ1) is 9.70. The molecule has 0 saturated carbocycles. The van der Waals surface area contributed by atoms with Crippen LogP contribution in [0.25, 0.3) is 0 Å². The monoisotopic (exact) mass is 277 g/mol. The van der Waals surface area contributed by atoms with E-state index in [2.05, 4.69) is 10.2 Å². The highest BCUT2D eigenvalue weighted by atomic mass is 16.6. The molecule has 0 spiro atoms. The smallest absolute Gasteiger partial charge is 0.269 e. The number of hydrogen-bond donors (Lipinski definition) is 1. The van der Waals surface area contributed by atoms with E-state index in [0.29, 0.717) is 6.04 Å². The van der Waals surface area contributed by atoms with E-state index >= 15 is 0 Å². The van der Waals surface area contributed by atoms with E-state index in [-0.39, 0.29) is 10.6 Å². The molecule has 2 rings (SSSR count). The zero-order valence-corrected chi connectivity index (χ0v) is 12.0. The molecule has 1 saturated heterocycles. The van der Waals surface area contributed by atoms with Crippen LogP contribution in [-0.2, 0) is 6.54 Å². The van der Waals surface area contributed by atoms with E-state index in [4.69, 9.17) is 0 Å². The van der Waals surface area contributed by atoms with Crippen molar-refractivity contribution in [3.8, 4) is 0 Å². The summed E-state index contributed by atoms with van der Waals surface area (Å²) in [7, 11) is 1.99. The molecule has 1 aliphatic heterocycles. The number of nitro benzene ring substituents is 1. The van der Waals surface area contributed by atoms with Crippen LogP contribution in [-0.4, -0.2) is 36.0 Å². The minimum absolute atomic E-state index is 0.166. The summed E-state index contributed by atoms with van der Waals surface area (Å²) in [5.41, 5.74) is 1.33. The maximum atomic E-state index is 10.7. The van der Waals surface area contributed by atoms with E-state index in [1.807, 2.05) is 19.2 Å². The van der Waals surface area contributed by atoms with Gasteiger partial charge in [-0.2, -0.15) is 0 Å². The van der Waals surface area contributed by atoms with Crippen LogP contribution >= 0.6 is 0 Å². The average Bonchev–Trinajstić information content (AvgIpc) is 2.47. The zero-order chi connectivity index (χ0) is 14.4. The summed E-state index contributed by atoms with van der Waals surface area (Å²) >= 11 is 0. The Kier molecular flexibility index (Phi) is 5.49. The van der Waals surface area contributed by atoms with Crippen LogP contribution in [0, 0.1) is 10.1 Å². The first-order valence-corrected chi connectivity index (χ1v) is 7.32. The van der Waals surface area contributed by atoms with Gasteiger partial charge in [0.25, 0.3) is 5.69 Å². The Morgan fingerprint density at radius 3 is 2.75 bits per heavy atom. The van der Waals surface area contributed by atoms with Gasteiger partial charge in [0, 0.05) is 24.7 Å². The van der Waals surface area contributed by atoms with Gasteiger partial charge in [-0.05, 0) is 45.0 Å². The second-order valence-electron chi connectivity index (χ2n) is 5.44. The number of piperidine rings is 1. The van der Waals surface area contributed by atoms with Crippen molar-refractivity contribution in [2.45, 2.75) is 38.3 Å². The molecule has 1 aromatic carbocycles. The van der Waals surface area contributed by atoms with Crippen molar-refractivity contribution in [1.82, 2.24) is 10.2 Å². The minimum atomic E-state index is -0.347. The lowest BCUT2D eigenvalue weighted by atomic mass is 9.98. The van der Waals surface area contributed by atoms with Gasteiger partial charge in [-0.3, -0.25) is 15.0 Å². The summed E-state index contributed by atoms with van der Waals surface area (Å²) in [5.74, 6) is 0. The fourth-order valence-corrected chi connectivity index (χ4v) is 2.86. The molecular weight excluding hydrogens is 254 g/mol. The highest BCUT2D eigenvalue weighted by Gasteiger charge is 2.21. The quantitative estimate of drug-likeness (QED) is 0.641. The van der Waals surface area contributed by atoms with E-state index in [0.717, 1.165) is 25.2 Å². The number of benzene rings is 1. The number of rotatable bonds is 6. The van der Waals surface area contributed by atoms with Gasteiger partial charge in [0.1, 0.15) is 0 Å². The Morgan fingerprint density at radius 1 is 1.35 bits per heavy atom. The topological polar surface area (TPSA) is 58.4 Å². The van der Waals surface area contributed by atoms with Gasteiger partial charge >= 0.3 is 0 Å². The highest BCUT2D eigenvalue weighted by molar-refractivity contribution is 5.32. The van der Waals surface area contributed by atoms with Gasteiger partial charge in [0.05, 0.1) is 4.92 Å². The van der Waals surface area contributed by atoms with Crippen LogP contribution in [0.2, 0.25) is 0 Å². The van der Waals surface area contributed by atoms with Crippen LogP contribution in [0.4, 0.5) is 5.69 Å². The van der Waals surface area contributed by atoms with Crippen molar-refractivity contribution >= 4 is 5.69 Å². The van der Waals surface area contributed by atoms with Crippen molar-refractivity contribution in [2.75, 3.05) is 20.1 Å². The molecule has 0 amide bonds. The molecule has 1 aromatic rings. The Balaban J connectivity index is 1.97. The van der Waals surface area contributed by atoms with Gasteiger partial charge < -0.3 is 5.32 Å². The van der Waals surface area contributed by atoms with Gasteiger partial charge in [-0.1, -0.05) is 18.6 Å². The highest BCUT2D eigenvalue weighted by Crippen LogP contribution is 2.22. The largest absolute Gasteiger partial charge is 0.320 e. The van der Waals surface area contributed by atoms with E-state index < -0.39 is 0 Å². The van der Waals surface area contributed by atoms with E-state index in [1.165, 1.54) is 25.7 Å². The molecule has 0 bridgehead atoms. The summed E-state index contributed by atoms with van der Waals surface area (Å²) in [6.45, 7) is 3.07. The van der Waals surface area contributed by atoms with Gasteiger partial charge in [-0.15, -0.1) is 0 Å². The van der Waals surface area contributed by atoms with Crippen molar-refractivity contribution in [1.29, 1.82) is 0 Å². The third-order valence-electron chi connectivity index (χ3n) is 4.01. The lowest BCUT2D eigenvalue weighted by Gasteiger charge is -2.35. The summed E-state index contributed by atoms with van der Waals surface area (Å²) in [6.07, 6.45) is 4.99. The fourth-order valence-electron chi connectivity index (χ4n) is 2.86. The minimum Gasteiger partial charge on any atom is -0.320 e. The fraction of sp³-hybridized carbons (Fsp3) is 0.600. The number of likely N-dealkylation sites (tertiary alicyclic amines) is 1. The maximum absolute atomic E-state index is 10.7. The van der Waals surface area contributed by atoms with Crippen molar-refractivity contribution in [2.24, 2.45) is 0 Å². The Bertz CT molecular complexity index is 433. The molecule has 1 unspecified atom stereocenters. The first-order valence-electron chi connectivity index (χ1n) is 7.32. The normalized spacial score (nSPS) is 19.9. The molecule has 1 heterocycles. The summed E-state index contributed by atoms with van der Waals surface area (Å²) in [4.78, 5) is 12.8. The van der Waals surface area contributed by atoms with Gasteiger partial charge in [0.15, 0.2) is 0 Å². The van der Waals surface area contributed by atoms with Crippen molar-refractivity contribution in [3.63, 3.8) is 0 Å². The van der Waals surface area contributed by atoms with Gasteiger partial charge in [0.2, 0.25) is 0 Å². The molecule has 5 nitrogen and oxygen atoms in total. The van der Waals surface area contributed by atoms with E-state index in [9.17, 15) is 10.1 Å². The number of non-ortho nitro benzene ring substituents is 1. The summed E-state index contributed by atoms with van der Waals surface area (Å²) in [5, 5.41) is 13.9. The third kappa shape index (κ3) is 4.02. The Hall–Kier alpha value is -1.46. The predicted octanol–water partition coefficient (Wildman–Crippen LogP) is 2.56. The Labute approximate surface area is 120 Å². The second kappa shape index (κ2) is 7.36. The molecule has 0 radical (unpaired) electrons. The molecule has 1 aliphatic rings. The summed E-state index contributed by atoms with van der Waals surface area (Å²) in [6, 6.07) is 7.58. The van der Waals surface area contributed by atoms with E-state index in [1.54, 1.807) is 12.1 Å². The third-order valence-corrected chi connectivity index (χ3v) is 4.01. The number of nitrogens with zero attached hydrogens (tertiary/aromatic N) is 2. The molecule has 1 fully saturated rings. The lowest BCUT2D eigenvalue weighted by Crippen LogP contribution is -2.40. The molecule has 1 atom stereocenters. The summed E-state index contributed by atoms with van der Waals surface area (Å²) < 4.78 is 0. The van der Waals surface area contributed by atoms with Crippen molar-refractivity contribution in [3.05, 3.63) is 39.9 Å². The average molecular weight is 277 g/mol. The SMILES string of the molecule is CNCCC1CCCCN1Cc1ccc([N+](=O)[O-])cc1. The van der Waals surface area contributed by atoms with Gasteiger partial charge in [-0.25, -0.2) is 0 Å². The predicted molar refractivity (Wildman–Crippen MR) is 79.7 cm³/mol. The number of hydrogen-bond acceptors (Lipinski definition) is 4. The first kappa shape index (κ1) is 14.9. The zero-order valence-electron chi connectivity index (χ0n) is 12.0. The van der Waals surface area contributed by atoms with Crippen LogP contribution in [0.3, 0.4) is 0 Å². The molecule has 110 valence electrons. The number of nitrogens with one attached hydrogen (secondary N) is 1. The molecule has 1 N–H and O–H groups in total. The standard InChI is InChI=1S/C15H23N3O2/c1-16-10-9-14-4-2-3-11-17(14)12-13-5-7-15(8-6-13)18(19)20/h5-8,14,16H,2-4,9-12H2,1H3.